The molecule has 0 bridgehead atoms. The number of nitrogens with one attached hydrogen (secondary N) is 3. The molecule has 0 saturated heterocycles. The number of pyridine rings is 1. The molecule has 0 spiro atoms. The Morgan fingerprint density at radius 3 is 2.37 bits per heavy atom. The van der Waals surface area contributed by atoms with Crippen LogP contribution in [0.5, 0.6) is 0 Å². The van der Waals surface area contributed by atoms with Crippen molar-refractivity contribution in [2.75, 3.05) is 0 Å². The summed E-state index contributed by atoms with van der Waals surface area (Å²) in [5.74, 6) is -2.20. The average molecular weight is 476 g/mol. The number of para-hydroxylation sites is 1. The number of carbonyl (C=O) groups excluding carboxylic acids is 4. The molecule has 0 aliphatic carbocycles. The Morgan fingerprint density at radius 1 is 0.914 bits per heavy atom. The highest BCUT2D eigenvalue weighted by atomic mass is 16.2. The van der Waals surface area contributed by atoms with Crippen LogP contribution in [0, 0.1) is 0 Å². The van der Waals surface area contributed by atoms with E-state index in [9.17, 15) is 19.2 Å². The fourth-order valence-corrected chi connectivity index (χ4v) is 3.60. The minimum Gasteiger partial charge on any atom is -0.370 e. The van der Waals surface area contributed by atoms with Crippen LogP contribution in [-0.2, 0) is 32.1 Å². The number of hydrogen-bond donors (Lipinski definition) is 4. The van der Waals surface area contributed by atoms with Crippen molar-refractivity contribution < 1.29 is 19.2 Å². The molecule has 35 heavy (non-hydrogen) atoms. The topological polar surface area (TPSA) is 143 Å². The zero-order valence-electron chi connectivity index (χ0n) is 19.5. The number of nitrogens with zero attached hydrogens (tertiary/aromatic N) is 1. The number of aryl methyl sites for hydroxylation is 1. The van der Waals surface area contributed by atoms with Gasteiger partial charge in [0.1, 0.15) is 12.1 Å². The Bertz CT molecular complexity index is 1190. The molecule has 1 heterocycles. The fraction of sp³-hybridized carbons (Fsp3) is 0.269. The minimum absolute atomic E-state index is 0.141. The summed E-state index contributed by atoms with van der Waals surface area (Å²) in [6.07, 6.45) is 1.92. The van der Waals surface area contributed by atoms with E-state index in [1.807, 2.05) is 60.7 Å². The maximum Gasteiger partial charge on any atom is 0.243 e. The second kappa shape index (κ2) is 12.3. The Morgan fingerprint density at radius 2 is 1.63 bits per heavy atom. The maximum atomic E-state index is 12.7. The number of carbonyl (C=O) groups is 4. The van der Waals surface area contributed by atoms with Crippen molar-refractivity contribution >= 4 is 34.5 Å². The first-order valence-electron chi connectivity index (χ1n) is 11.4. The van der Waals surface area contributed by atoms with Crippen LogP contribution in [0.4, 0.5) is 0 Å². The van der Waals surface area contributed by atoms with Crippen LogP contribution in [0.3, 0.4) is 0 Å². The van der Waals surface area contributed by atoms with Crippen LogP contribution < -0.4 is 21.7 Å². The van der Waals surface area contributed by atoms with Gasteiger partial charge in [-0.25, -0.2) is 0 Å². The van der Waals surface area contributed by atoms with Crippen molar-refractivity contribution in [2.45, 2.75) is 44.8 Å². The zero-order valence-corrected chi connectivity index (χ0v) is 19.5. The number of benzene rings is 2. The lowest BCUT2D eigenvalue weighted by Gasteiger charge is -2.20. The molecule has 3 rings (SSSR count). The van der Waals surface area contributed by atoms with Crippen LogP contribution in [-0.4, -0.2) is 40.7 Å². The third kappa shape index (κ3) is 7.63. The molecule has 182 valence electrons. The smallest absolute Gasteiger partial charge is 0.243 e. The zero-order chi connectivity index (χ0) is 25.2. The summed E-state index contributed by atoms with van der Waals surface area (Å²) in [6, 6.07) is 16.8. The molecular formula is C26H29N5O4. The fourth-order valence-electron chi connectivity index (χ4n) is 3.60. The summed E-state index contributed by atoms with van der Waals surface area (Å²) < 4.78 is 0. The molecule has 2 atom stereocenters. The van der Waals surface area contributed by atoms with E-state index in [4.69, 9.17) is 5.73 Å². The van der Waals surface area contributed by atoms with E-state index in [-0.39, 0.29) is 19.4 Å². The predicted molar refractivity (Wildman–Crippen MR) is 132 cm³/mol. The first kappa shape index (κ1) is 25.4. The van der Waals surface area contributed by atoms with Gasteiger partial charge in [-0.15, -0.1) is 0 Å². The Labute approximate surface area is 203 Å². The van der Waals surface area contributed by atoms with Crippen LogP contribution in [0.1, 0.15) is 30.9 Å². The highest BCUT2D eigenvalue weighted by molar-refractivity contribution is 5.94. The lowest BCUT2D eigenvalue weighted by molar-refractivity contribution is -0.133. The molecule has 0 saturated carbocycles. The number of primary amides is 1. The molecule has 0 fully saturated rings. The lowest BCUT2D eigenvalue weighted by Crippen LogP contribution is -2.53. The quantitative estimate of drug-likeness (QED) is 0.331. The van der Waals surface area contributed by atoms with Gasteiger partial charge in [0.05, 0.1) is 11.9 Å². The van der Waals surface area contributed by atoms with Gasteiger partial charge in [0.2, 0.25) is 23.6 Å². The van der Waals surface area contributed by atoms with Crippen molar-refractivity contribution in [1.29, 1.82) is 0 Å². The van der Waals surface area contributed by atoms with Crippen LogP contribution >= 0.6 is 0 Å². The highest BCUT2D eigenvalue weighted by Crippen LogP contribution is 2.15. The second-order valence-electron chi connectivity index (χ2n) is 8.21. The van der Waals surface area contributed by atoms with E-state index < -0.39 is 35.7 Å². The van der Waals surface area contributed by atoms with Gasteiger partial charge >= 0.3 is 0 Å². The maximum absolute atomic E-state index is 12.7. The van der Waals surface area contributed by atoms with Crippen molar-refractivity contribution in [3.63, 3.8) is 0 Å². The molecule has 0 aliphatic rings. The van der Waals surface area contributed by atoms with Crippen molar-refractivity contribution in [3.8, 4) is 0 Å². The van der Waals surface area contributed by atoms with E-state index in [0.717, 1.165) is 22.0 Å². The summed E-state index contributed by atoms with van der Waals surface area (Å²) in [5, 5.41) is 8.82. The van der Waals surface area contributed by atoms with E-state index in [1.165, 1.54) is 6.92 Å². The van der Waals surface area contributed by atoms with Crippen LogP contribution in [0.2, 0.25) is 0 Å². The summed E-state index contributed by atoms with van der Waals surface area (Å²) in [4.78, 5) is 53.5. The molecule has 1 aromatic heterocycles. The lowest BCUT2D eigenvalue weighted by atomic mass is 10.1. The first-order chi connectivity index (χ1) is 16.8. The Hall–Kier alpha value is -4.27. The van der Waals surface area contributed by atoms with Crippen LogP contribution in [0.15, 0.2) is 66.9 Å². The summed E-state index contributed by atoms with van der Waals surface area (Å²) in [5.41, 5.74) is 7.95. The van der Waals surface area contributed by atoms with E-state index in [0.29, 0.717) is 6.42 Å². The predicted octanol–water partition coefficient (Wildman–Crippen LogP) is 1.35. The average Bonchev–Trinajstić information content (AvgIpc) is 2.85. The number of aromatic nitrogens is 1. The monoisotopic (exact) mass is 475 g/mol. The molecule has 4 amide bonds. The van der Waals surface area contributed by atoms with E-state index >= 15 is 0 Å². The van der Waals surface area contributed by atoms with Gasteiger partial charge in [-0.3, -0.25) is 24.2 Å². The number of fused-ring (bicyclic) bond motifs is 1. The van der Waals surface area contributed by atoms with Gasteiger partial charge in [-0.05, 0) is 36.6 Å². The molecule has 0 aliphatic heterocycles. The molecule has 3 aromatic rings. The second-order valence-corrected chi connectivity index (χ2v) is 8.21. The van der Waals surface area contributed by atoms with Gasteiger partial charge in [-0.1, -0.05) is 48.5 Å². The number of amides is 4. The normalized spacial score (nSPS) is 12.4. The summed E-state index contributed by atoms with van der Waals surface area (Å²) in [6.45, 7) is 1.78. The highest BCUT2D eigenvalue weighted by Gasteiger charge is 2.26. The first-order valence-corrected chi connectivity index (χ1v) is 11.4. The number of rotatable bonds is 11. The third-order valence-electron chi connectivity index (χ3n) is 5.49. The largest absolute Gasteiger partial charge is 0.370 e. The van der Waals surface area contributed by atoms with Gasteiger partial charge < -0.3 is 21.7 Å². The molecule has 9 heteroatoms. The Kier molecular flexibility index (Phi) is 8.89. The van der Waals surface area contributed by atoms with E-state index in [2.05, 4.69) is 20.9 Å². The van der Waals surface area contributed by atoms with Gasteiger partial charge in [0.15, 0.2) is 0 Å². The number of nitrogens with two attached hydrogens (primary N) is 1. The minimum atomic E-state index is -1.17. The van der Waals surface area contributed by atoms with E-state index in [1.54, 1.807) is 6.20 Å². The third-order valence-corrected chi connectivity index (χ3v) is 5.49. The SMILES string of the molecule is C[C@H](NC(=O)[C@H](CC(N)=O)NC(=O)CCc1ccccc1)C(=O)NCc1ccnc2ccccc12. The molecule has 0 radical (unpaired) electrons. The van der Waals surface area contributed by atoms with Gasteiger partial charge in [0.25, 0.3) is 0 Å². The summed E-state index contributed by atoms with van der Waals surface area (Å²) in [7, 11) is 0. The molecular weight excluding hydrogens is 446 g/mol. The summed E-state index contributed by atoms with van der Waals surface area (Å²) >= 11 is 0. The molecule has 5 N–H and O–H groups in total. The van der Waals surface area contributed by atoms with Crippen molar-refractivity contribution in [3.05, 3.63) is 78.0 Å². The van der Waals surface area contributed by atoms with Gasteiger partial charge in [0, 0.05) is 24.5 Å². The molecule has 2 aromatic carbocycles. The Balaban J connectivity index is 1.54. The standard InChI is InChI=1S/C26H29N5O4/c1-17(25(34)29-16-19-13-14-28-21-10-6-5-9-20(19)21)30-26(35)22(15-23(27)32)31-24(33)12-11-18-7-3-2-4-8-18/h2-10,13-14,17,22H,11-12,15-16H2,1H3,(H2,27,32)(H,29,34)(H,30,35)(H,31,33)/t17-,22-/m0/s1. The molecule has 9 nitrogen and oxygen atoms in total. The van der Waals surface area contributed by atoms with Gasteiger partial charge in [-0.2, -0.15) is 0 Å². The van der Waals surface area contributed by atoms with Crippen molar-refractivity contribution in [1.82, 2.24) is 20.9 Å². The number of hydrogen-bond acceptors (Lipinski definition) is 5. The molecule has 0 unspecified atom stereocenters. The van der Waals surface area contributed by atoms with Crippen molar-refractivity contribution in [2.24, 2.45) is 5.73 Å². The van der Waals surface area contributed by atoms with Crippen LogP contribution in [0.25, 0.3) is 10.9 Å².